The number of aromatic nitrogens is 4. The van der Waals surface area contributed by atoms with E-state index >= 15 is 0 Å². The van der Waals surface area contributed by atoms with Crippen molar-refractivity contribution in [2.75, 3.05) is 6.61 Å². The molecule has 3 rings (SSSR count). The zero-order chi connectivity index (χ0) is 18.9. The molecule has 0 unspecified atom stereocenters. The first-order valence-electron chi connectivity index (χ1n) is 7.21. The van der Waals surface area contributed by atoms with Crippen LogP contribution in [0.2, 0.25) is 0 Å². The van der Waals surface area contributed by atoms with E-state index in [-0.39, 0.29) is 23.2 Å². The second-order valence-electron chi connectivity index (χ2n) is 5.25. The second kappa shape index (κ2) is 6.50. The van der Waals surface area contributed by atoms with Gasteiger partial charge in [0.05, 0.1) is 18.1 Å². The van der Waals surface area contributed by atoms with Crippen LogP contribution in [0.1, 0.15) is 16.2 Å². The maximum atomic E-state index is 12.4. The molecule has 0 aromatic carbocycles. The molecular weight excluding hydrogens is 355 g/mol. The molecule has 3 heterocycles. The van der Waals surface area contributed by atoms with Crippen molar-refractivity contribution in [2.45, 2.75) is 13.1 Å². The summed E-state index contributed by atoms with van der Waals surface area (Å²) in [7, 11) is 0. The number of carbonyl (C=O) groups is 1. The van der Waals surface area contributed by atoms with E-state index in [4.69, 9.17) is 10.5 Å². The number of halogens is 3. The van der Waals surface area contributed by atoms with Crippen molar-refractivity contribution in [3.63, 3.8) is 0 Å². The molecule has 1 amide bonds. The van der Waals surface area contributed by atoms with Gasteiger partial charge in [0.15, 0.2) is 6.61 Å². The highest BCUT2D eigenvalue weighted by Crippen LogP contribution is 2.29. The molecule has 0 aliphatic carbocycles. The lowest BCUT2D eigenvalue weighted by Crippen LogP contribution is -2.20. The summed E-state index contributed by atoms with van der Waals surface area (Å²) in [5, 5.41) is 0. The molecule has 0 radical (unpaired) electrons. The molecule has 0 spiro atoms. The number of hydrogen-bond donors (Lipinski definition) is 1. The highest BCUT2D eigenvalue weighted by Gasteiger charge is 2.29. The van der Waals surface area contributed by atoms with Crippen LogP contribution in [0, 0.1) is 6.92 Å². The summed E-state index contributed by atoms with van der Waals surface area (Å²) in [6.45, 7) is 0.0319. The second-order valence-corrected chi connectivity index (χ2v) is 5.25. The van der Waals surface area contributed by atoms with Gasteiger partial charge < -0.3 is 19.6 Å². The molecule has 136 valence electrons. The number of hydrogen-bond acceptors (Lipinski definition) is 6. The van der Waals surface area contributed by atoms with Crippen molar-refractivity contribution >= 4 is 11.6 Å². The highest BCUT2D eigenvalue weighted by molar-refractivity contribution is 5.91. The molecule has 0 saturated heterocycles. The lowest BCUT2D eigenvalue weighted by molar-refractivity contribution is -0.154. The molecule has 0 aliphatic rings. The van der Waals surface area contributed by atoms with Gasteiger partial charge in [-0.3, -0.25) is 4.79 Å². The van der Waals surface area contributed by atoms with Gasteiger partial charge in [-0.15, -0.1) is 0 Å². The third-order valence-corrected chi connectivity index (χ3v) is 3.09. The van der Waals surface area contributed by atoms with Gasteiger partial charge in [-0.25, -0.2) is 15.0 Å². The van der Waals surface area contributed by atoms with Crippen LogP contribution in [-0.2, 0) is 0 Å². The number of alkyl halides is 3. The lowest BCUT2D eigenvalue weighted by atomic mass is 10.4. The summed E-state index contributed by atoms with van der Waals surface area (Å²) in [5.74, 6) is -1.08. The highest BCUT2D eigenvalue weighted by atomic mass is 19.4. The molecule has 0 bridgehead atoms. The molecule has 2 N–H and O–H groups in total. The SMILES string of the molecule is Cc1cnc(Oc2ccc3nc(C(N)=O)cn3c2)c(OCC(F)(F)F)n1. The van der Waals surface area contributed by atoms with Crippen LogP contribution in [0.15, 0.2) is 30.7 Å². The molecule has 26 heavy (non-hydrogen) atoms. The van der Waals surface area contributed by atoms with Crippen LogP contribution in [-0.4, -0.2) is 38.0 Å². The van der Waals surface area contributed by atoms with E-state index in [0.717, 1.165) is 0 Å². The number of nitrogens with zero attached hydrogens (tertiary/aromatic N) is 4. The molecule has 11 heteroatoms. The van der Waals surface area contributed by atoms with Crippen LogP contribution < -0.4 is 15.2 Å². The van der Waals surface area contributed by atoms with Gasteiger partial charge in [0.2, 0.25) is 0 Å². The maximum Gasteiger partial charge on any atom is 0.422 e. The topological polar surface area (TPSA) is 105 Å². The fourth-order valence-corrected chi connectivity index (χ4v) is 2.02. The van der Waals surface area contributed by atoms with Gasteiger partial charge in [-0.05, 0) is 19.1 Å². The number of primary amides is 1. The Bertz CT molecular complexity index is 971. The minimum Gasteiger partial charge on any atom is -0.464 e. The summed E-state index contributed by atoms with van der Waals surface area (Å²) >= 11 is 0. The van der Waals surface area contributed by atoms with E-state index in [1.54, 1.807) is 13.0 Å². The monoisotopic (exact) mass is 367 g/mol. The van der Waals surface area contributed by atoms with Gasteiger partial charge in [0.25, 0.3) is 17.7 Å². The predicted molar refractivity (Wildman–Crippen MR) is 82.1 cm³/mol. The van der Waals surface area contributed by atoms with Gasteiger partial charge in [-0.2, -0.15) is 13.2 Å². The minimum atomic E-state index is -4.52. The van der Waals surface area contributed by atoms with Crippen molar-refractivity contribution in [1.29, 1.82) is 0 Å². The third-order valence-electron chi connectivity index (χ3n) is 3.09. The van der Waals surface area contributed by atoms with Crippen LogP contribution >= 0.6 is 0 Å². The first-order valence-corrected chi connectivity index (χ1v) is 7.21. The number of pyridine rings is 1. The van der Waals surface area contributed by atoms with E-state index in [2.05, 4.69) is 19.7 Å². The van der Waals surface area contributed by atoms with Gasteiger partial charge in [0, 0.05) is 6.20 Å². The van der Waals surface area contributed by atoms with Crippen LogP contribution in [0.3, 0.4) is 0 Å². The smallest absolute Gasteiger partial charge is 0.422 e. The quantitative estimate of drug-likeness (QED) is 0.742. The van der Waals surface area contributed by atoms with Gasteiger partial charge in [-0.1, -0.05) is 0 Å². The van der Waals surface area contributed by atoms with Crippen LogP contribution in [0.5, 0.6) is 17.5 Å². The fraction of sp³-hybridized carbons (Fsp3) is 0.200. The van der Waals surface area contributed by atoms with Gasteiger partial charge >= 0.3 is 6.18 Å². The van der Waals surface area contributed by atoms with E-state index in [9.17, 15) is 18.0 Å². The molecule has 3 aromatic heterocycles. The molecular formula is C15H12F3N5O3. The zero-order valence-corrected chi connectivity index (χ0v) is 13.3. The predicted octanol–water partition coefficient (Wildman–Crippen LogP) is 2.27. The fourth-order valence-electron chi connectivity index (χ4n) is 2.02. The molecule has 3 aromatic rings. The van der Waals surface area contributed by atoms with Crippen molar-refractivity contribution in [3.8, 4) is 17.5 Å². The number of fused-ring (bicyclic) bond motifs is 1. The molecule has 0 saturated carbocycles. The average Bonchev–Trinajstić information content (AvgIpc) is 2.98. The van der Waals surface area contributed by atoms with Crippen molar-refractivity contribution in [1.82, 2.24) is 19.4 Å². The normalized spacial score (nSPS) is 11.5. The maximum absolute atomic E-state index is 12.4. The number of rotatable bonds is 5. The van der Waals surface area contributed by atoms with E-state index in [1.165, 1.54) is 29.1 Å². The summed E-state index contributed by atoms with van der Waals surface area (Å²) in [5.41, 5.74) is 6.04. The molecule has 0 fully saturated rings. The van der Waals surface area contributed by atoms with E-state index < -0.39 is 18.7 Å². The van der Waals surface area contributed by atoms with E-state index in [1.807, 2.05) is 0 Å². The Morgan fingerprint density at radius 3 is 2.69 bits per heavy atom. The Kier molecular flexibility index (Phi) is 4.36. The van der Waals surface area contributed by atoms with Crippen LogP contribution in [0.4, 0.5) is 13.2 Å². The Labute approximate surface area is 144 Å². The first kappa shape index (κ1) is 17.5. The van der Waals surface area contributed by atoms with Crippen molar-refractivity contribution < 1.29 is 27.4 Å². The Morgan fingerprint density at radius 2 is 2.00 bits per heavy atom. The summed E-state index contributed by atoms with van der Waals surface area (Å²) in [6, 6.07) is 3.04. The summed E-state index contributed by atoms with van der Waals surface area (Å²) < 4.78 is 48.8. The number of carbonyl (C=O) groups excluding carboxylic acids is 1. The number of ether oxygens (including phenoxy) is 2. The van der Waals surface area contributed by atoms with Gasteiger partial charge in [0.1, 0.15) is 17.1 Å². The number of nitrogens with two attached hydrogens (primary N) is 1. The largest absolute Gasteiger partial charge is 0.464 e. The minimum absolute atomic E-state index is 0.0616. The molecule has 0 aliphatic heterocycles. The number of aryl methyl sites for hydroxylation is 1. The standard InChI is InChI=1S/C15H12F3N5O3/c1-8-4-20-13(14(21-8)25-7-15(16,17)18)26-9-2-3-11-22-10(12(19)24)6-23(11)5-9/h2-6H,7H2,1H3,(H2,19,24). The average molecular weight is 367 g/mol. The number of imidazole rings is 1. The molecule has 0 atom stereocenters. The lowest BCUT2D eigenvalue weighted by Gasteiger charge is -2.12. The number of amides is 1. The van der Waals surface area contributed by atoms with Crippen LogP contribution in [0.25, 0.3) is 5.65 Å². The summed E-state index contributed by atoms with van der Waals surface area (Å²) in [6.07, 6.45) is -0.337. The van der Waals surface area contributed by atoms with Crippen molar-refractivity contribution in [2.24, 2.45) is 5.73 Å². The van der Waals surface area contributed by atoms with E-state index in [0.29, 0.717) is 11.3 Å². The Morgan fingerprint density at radius 1 is 1.23 bits per heavy atom. The Hall–Kier alpha value is -3.37. The molecule has 8 nitrogen and oxygen atoms in total. The van der Waals surface area contributed by atoms with Crippen molar-refractivity contribution in [3.05, 3.63) is 42.1 Å². The zero-order valence-electron chi connectivity index (χ0n) is 13.3. The Balaban J connectivity index is 1.88. The summed E-state index contributed by atoms with van der Waals surface area (Å²) in [4.78, 5) is 22.9. The third kappa shape index (κ3) is 3.99. The first-order chi connectivity index (χ1) is 12.2.